The van der Waals surface area contributed by atoms with Crippen LogP contribution >= 0.6 is 0 Å². The summed E-state index contributed by atoms with van der Waals surface area (Å²) in [6, 6.07) is 7.57. The van der Waals surface area contributed by atoms with Gasteiger partial charge in [0.05, 0.1) is 0 Å². The van der Waals surface area contributed by atoms with Crippen LogP contribution in [0.2, 0.25) is 16.6 Å². The van der Waals surface area contributed by atoms with Gasteiger partial charge in [-0.3, -0.25) is 0 Å². The summed E-state index contributed by atoms with van der Waals surface area (Å²) in [6.45, 7) is 0. The van der Waals surface area contributed by atoms with Gasteiger partial charge in [-0.1, -0.05) is 0 Å². The van der Waals surface area contributed by atoms with Crippen LogP contribution < -0.4 is 0 Å². The van der Waals surface area contributed by atoms with Crippen molar-refractivity contribution in [3.8, 4) is 5.75 Å². The molecule has 0 spiro atoms. The van der Waals surface area contributed by atoms with E-state index in [0.29, 0.717) is 5.75 Å². The molecule has 0 unspecified atom stereocenters. The molecule has 0 amide bonds. The van der Waals surface area contributed by atoms with Gasteiger partial charge in [-0.2, -0.15) is 0 Å². The van der Waals surface area contributed by atoms with Crippen LogP contribution in [0.3, 0.4) is 0 Å². The maximum absolute atomic E-state index is 9.19. The molecule has 2 heteroatoms. The van der Waals surface area contributed by atoms with Gasteiger partial charge in [0.15, 0.2) is 0 Å². The average molecular weight is 226 g/mol. The van der Waals surface area contributed by atoms with Crippen molar-refractivity contribution >= 4 is 14.7 Å². The molecule has 0 heterocycles. The summed E-state index contributed by atoms with van der Waals surface area (Å²) in [4.78, 5) is 0. The quantitative estimate of drug-likeness (QED) is 0.785. The van der Waals surface area contributed by atoms with Gasteiger partial charge >= 0.3 is 78.4 Å². The van der Waals surface area contributed by atoms with Crippen molar-refractivity contribution in [3.05, 3.63) is 29.8 Å². The number of rotatable bonds is 3. The number of hydrogen-bond acceptors (Lipinski definition) is 1. The average Bonchev–Trinajstić information content (AvgIpc) is 2.01. The van der Waals surface area contributed by atoms with E-state index in [1.807, 2.05) is 12.1 Å². The minimum absolute atomic E-state index is 0.388. The molecule has 1 nitrogen and oxygen atoms in total. The van der Waals surface area contributed by atoms with Gasteiger partial charge < -0.3 is 0 Å². The second-order valence-electron chi connectivity index (χ2n) is 3.22. The van der Waals surface area contributed by atoms with Gasteiger partial charge in [-0.15, -0.1) is 0 Å². The van der Waals surface area contributed by atoms with E-state index >= 15 is 0 Å². The molecule has 0 aromatic heterocycles. The standard InChI is InChI=1S/C10H15AsO/c1-11(2)7-6-9-4-3-5-10(12)8-9/h3-5,8,12H,6-7H2,1-2H3. The van der Waals surface area contributed by atoms with Gasteiger partial charge in [0.2, 0.25) is 0 Å². The number of phenolic OH excluding ortho intramolecular Hbond substituents is 1. The van der Waals surface area contributed by atoms with E-state index in [4.69, 9.17) is 0 Å². The Morgan fingerprint density at radius 1 is 1.33 bits per heavy atom. The Morgan fingerprint density at radius 3 is 2.67 bits per heavy atom. The fraction of sp³-hybridized carbons (Fsp3) is 0.400. The van der Waals surface area contributed by atoms with Gasteiger partial charge in [-0.05, 0) is 0 Å². The molecule has 1 rings (SSSR count). The third-order valence-electron chi connectivity index (χ3n) is 1.76. The Morgan fingerprint density at radius 2 is 2.08 bits per heavy atom. The molecule has 0 aliphatic carbocycles. The Hall–Kier alpha value is -0.422. The molecule has 0 radical (unpaired) electrons. The van der Waals surface area contributed by atoms with Crippen molar-refractivity contribution in [2.45, 2.75) is 23.1 Å². The topological polar surface area (TPSA) is 20.2 Å². The SMILES string of the molecule is C[As](C)CCc1cccc(O)c1. The van der Waals surface area contributed by atoms with Crippen LogP contribution in [0.5, 0.6) is 5.75 Å². The molecular formula is C10H15AsO. The van der Waals surface area contributed by atoms with Gasteiger partial charge in [0, 0.05) is 0 Å². The van der Waals surface area contributed by atoms with Crippen LogP contribution in [0.15, 0.2) is 24.3 Å². The summed E-state index contributed by atoms with van der Waals surface area (Å²) >= 11 is -0.496. The molecule has 0 saturated heterocycles. The molecule has 0 aliphatic heterocycles. The third-order valence-corrected chi connectivity index (χ3v) is 4.10. The first-order valence-corrected chi connectivity index (χ1v) is 9.19. The first-order valence-electron chi connectivity index (χ1n) is 4.11. The normalized spacial score (nSPS) is 10.6. The Kier molecular flexibility index (Phi) is 3.68. The van der Waals surface area contributed by atoms with E-state index in [1.165, 1.54) is 10.8 Å². The zero-order chi connectivity index (χ0) is 8.97. The van der Waals surface area contributed by atoms with E-state index < -0.39 is 14.7 Å². The van der Waals surface area contributed by atoms with Crippen molar-refractivity contribution < 1.29 is 5.11 Å². The van der Waals surface area contributed by atoms with Crippen LogP contribution in [-0.4, -0.2) is 19.8 Å². The van der Waals surface area contributed by atoms with Crippen molar-refractivity contribution in [2.75, 3.05) is 0 Å². The van der Waals surface area contributed by atoms with E-state index in [2.05, 4.69) is 17.5 Å². The number of benzene rings is 1. The Labute approximate surface area is 78.7 Å². The van der Waals surface area contributed by atoms with Crippen molar-refractivity contribution in [3.63, 3.8) is 0 Å². The predicted octanol–water partition coefficient (Wildman–Crippen LogP) is 2.69. The van der Waals surface area contributed by atoms with Crippen molar-refractivity contribution in [1.82, 2.24) is 0 Å². The Balaban J connectivity index is 2.52. The molecule has 1 aromatic rings. The third kappa shape index (κ3) is 3.32. The summed E-state index contributed by atoms with van der Waals surface area (Å²) in [5, 5.41) is 10.5. The molecule has 0 fully saturated rings. The monoisotopic (exact) mass is 226 g/mol. The molecule has 0 atom stereocenters. The fourth-order valence-electron chi connectivity index (χ4n) is 1.06. The molecule has 0 bridgehead atoms. The van der Waals surface area contributed by atoms with Crippen LogP contribution in [0.4, 0.5) is 0 Å². The van der Waals surface area contributed by atoms with E-state index in [-0.39, 0.29) is 0 Å². The summed E-state index contributed by atoms with van der Waals surface area (Å²) in [6.07, 6.45) is 1.13. The van der Waals surface area contributed by atoms with E-state index in [1.54, 1.807) is 6.07 Å². The van der Waals surface area contributed by atoms with Crippen LogP contribution in [0.25, 0.3) is 0 Å². The van der Waals surface area contributed by atoms with Crippen LogP contribution in [0.1, 0.15) is 5.56 Å². The fourth-order valence-corrected chi connectivity index (χ4v) is 2.54. The maximum atomic E-state index is 9.19. The zero-order valence-corrected chi connectivity index (χ0v) is 9.49. The van der Waals surface area contributed by atoms with Crippen molar-refractivity contribution in [2.24, 2.45) is 0 Å². The number of aryl methyl sites for hydroxylation is 1. The molecular weight excluding hydrogens is 211 g/mol. The number of aromatic hydroxyl groups is 1. The summed E-state index contributed by atoms with van der Waals surface area (Å²) < 4.78 is 0. The first kappa shape index (κ1) is 9.66. The number of hydrogen-bond donors (Lipinski definition) is 1. The first-order chi connectivity index (χ1) is 5.68. The molecule has 0 aliphatic rings. The van der Waals surface area contributed by atoms with Crippen molar-refractivity contribution in [1.29, 1.82) is 0 Å². The zero-order valence-electron chi connectivity index (χ0n) is 7.62. The molecule has 1 N–H and O–H groups in total. The van der Waals surface area contributed by atoms with Crippen LogP contribution in [-0.2, 0) is 6.42 Å². The van der Waals surface area contributed by atoms with Crippen LogP contribution in [0, 0.1) is 0 Å². The van der Waals surface area contributed by atoms with E-state index in [9.17, 15) is 5.11 Å². The molecule has 1 aromatic carbocycles. The second-order valence-corrected chi connectivity index (χ2v) is 8.69. The minimum atomic E-state index is -0.496. The molecule has 66 valence electrons. The van der Waals surface area contributed by atoms with Gasteiger partial charge in [0.25, 0.3) is 0 Å². The molecule has 0 saturated carbocycles. The summed E-state index contributed by atoms with van der Waals surface area (Å²) in [7, 11) is 0. The van der Waals surface area contributed by atoms with E-state index in [0.717, 1.165) is 6.42 Å². The number of phenols is 1. The van der Waals surface area contributed by atoms with Gasteiger partial charge in [0.1, 0.15) is 0 Å². The second kappa shape index (κ2) is 4.57. The summed E-state index contributed by atoms with van der Waals surface area (Å²) in [5.74, 6) is 0.388. The molecule has 12 heavy (non-hydrogen) atoms. The summed E-state index contributed by atoms with van der Waals surface area (Å²) in [5.41, 5.74) is 5.98. The van der Waals surface area contributed by atoms with Gasteiger partial charge in [-0.25, -0.2) is 0 Å². The predicted molar refractivity (Wildman–Crippen MR) is 54.1 cm³/mol. The Bertz CT molecular complexity index is 245.